The van der Waals surface area contributed by atoms with Crippen molar-refractivity contribution < 1.29 is 27.9 Å². The van der Waals surface area contributed by atoms with Crippen LogP contribution in [-0.2, 0) is 26.0 Å². The number of amides is 1. The average molecular weight is 530 g/mol. The van der Waals surface area contributed by atoms with E-state index in [1.54, 1.807) is 24.3 Å². The molecule has 200 valence electrons. The zero-order valence-corrected chi connectivity index (χ0v) is 22.1. The fourth-order valence-corrected chi connectivity index (χ4v) is 6.49. The lowest BCUT2D eigenvalue weighted by atomic mass is 10.0. The maximum absolute atomic E-state index is 13.2. The zero-order valence-electron chi connectivity index (χ0n) is 21.3. The minimum absolute atomic E-state index is 0.0764. The van der Waals surface area contributed by atoms with Crippen LogP contribution in [0.5, 0.6) is 5.75 Å². The summed E-state index contributed by atoms with van der Waals surface area (Å²) >= 11 is 0. The summed E-state index contributed by atoms with van der Waals surface area (Å²) < 4.78 is 33.6. The molecular formula is C27H35N3O6S. The smallest absolute Gasteiger partial charge is 0.326 e. The first kappa shape index (κ1) is 27.1. The predicted octanol–water partition coefficient (Wildman–Crippen LogP) is 2.43. The van der Waals surface area contributed by atoms with E-state index in [1.165, 1.54) is 16.4 Å². The van der Waals surface area contributed by atoms with Crippen molar-refractivity contribution in [1.82, 2.24) is 14.5 Å². The molecule has 0 bridgehead atoms. The Balaban J connectivity index is 1.39. The number of ether oxygens (including phenoxy) is 1. The van der Waals surface area contributed by atoms with E-state index in [0.29, 0.717) is 12.8 Å². The number of aliphatic carboxylic acids is 1. The second-order valence-corrected chi connectivity index (χ2v) is 11.8. The molecule has 0 spiro atoms. The first-order valence-electron chi connectivity index (χ1n) is 12.7. The van der Waals surface area contributed by atoms with E-state index in [2.05, 4.69) is 17.3 Å². The number of carboxylic acid groups (broad SMARTS) is 1. The SMILES string of the molecule is Cc1ccc(S(=O)(=O)N2CCC[C@H]2C(=O)NC(Cc2ccc(OC3CCN(C)CC3)cc2)C(=O)O)cc1. The van der Waals surface area contributed by atoms with Gasteiger partial charge >= 0.3 is 5.97 Å². The molecule has 10 heteroatoms. The Labute approximate surface area is 218 Å². The van der Waals surface area contributed by atoms with Crippen LogP contribution >= 0.6 is 0 Å². The standard InChI is InChI=1S/C27H35N3O6S/c1-19-5-11-23(12-6-19)37(34,35)30-15-3-4-25(30)26(31)28-24(27(32)33)18-20-7-9-21(10-8-20)36-22-13-16-29(2)17-14-22/h5-12,22,24-25H,3-4,13-18H2,1-2H3,(H,28,31)(H,32,33)/t24?,25-/m0/s1. The van der Waals surface area contributed by atoms with Crippen molar-refractivity contribution in [2.75, 3.05) is 26.7 Å². The highest BCUT2D eigenvalue weighted by Crippen LogP contribution is 2.27. The molecule has 2 heterocycles. The van der Waals surface area contributed by atoms with E-state index in [-0.39, 0.29) is 24.0 Å². The van der Waals surface area contributed by atoms with Gasteiger partial charge in [0.2, 0.25) is 15.9 Å². The third-order valence-electron chi connectivity index (χ3n) is 7.08. The molecule has 9 nitrogen and oxygen atoms in total. The Hall–Kier alpha value is -2.95. The molecule has 1 unspecified atom stereocenters. The van der Waals surface area contributed by atoms with Gasteiger partial charge in [0, 0.05) is 26.1 Å². The van der Waals surface area contributed by atoms with Gasteiger partial charge in [0.25, 0.3) is 0 Å². The van der Waals surface area contributed by atoms with Crippen molar-refractivity contribution >= 4 is 21.9 Å². The summed E-state index contributed by atoms with van der Waals surface area (Å²) in [6.45, 7) is 4.07. The highest BCUT2D eigenvalue weighted by atomic mass is 32.2. The van der Waals surface area contributed by atoms with Gasteiger partial charge in [-0.2, -0.15) is 4.31 Å². The number of sulfonamides is 1. The lowest BCUT2D eigenvalue weighted by Crippen LogP contribution is -2.51. The van der Waals surface area contributed by atoms with Crippen LogP contribution in [0.4, 0.5) is 0 Å². The number of piperidine rings is 1. The van der Waals surface area contributed by atoms with Crippen LogP contribution in [0.25, 0.3) is 0 Å². The van der Waals surface area contributed by atoms with Crippen LogP contribution < -0.4 is 10.1 Å². The predicted molar refractivity (Wildman–Crippen MR) is 139 cm³/mol. The van der Waals surface area contributed by atoms with Gasteiger partial charge in [-0.05, 0) is 69.5 Å². The molecule has 2 aromatic rings. The number of likely N-dealkylation sites (tertiary alicyclic amines) is 1. The van der Waals surface area contributed by atoms with Gasteiger partial charge in [0.05, 0.1) is 4.90 Å². The number of nitrogens with zero attached hydrogens (tertiary/aromatic N) is 2. The summed E-state index contributed by atoms with van der Waals surface area (Å²) in [5.74, 6) is -1.04. The van der Waals surface area contributed by atoms with Gasteiger partial charge in [-0.25, -0.2) is 13.2 Å². The molecule has 1 amide bonds. The van der Waals surface area contributed by atoms with Gasteiger partial charge < -0.3 is 20.1 Å². The third-order valence-corrected chi connectivity index (χ3v) is 9.00. The molecule has 2 N–H and O–H groups in total. The molecule has 2 saturated heterocycles. The molecular weight excluding hydrogens is 494 g/mol. The molecule has 0 aromatic heterocycles. The molecule has 4 rings (SSSR count). The second kappa shape index (κ2) is 11.6. The van der Waals surface area contributed by atoms with E-state index in [4.69, 9.17) is 4.74 Å². The Morgan fingerprint density at radius 2 is 1.68 bits per heavy atom. The fraction of sp³-hybridized carbons (Fsp3) is 0.481. The van der Waals surface area contributed by atoms with Crippen LogP contribution in [0.1, 0.15) is 36.8 Å². The molecule has 2 atom stereocenters. The zero-order chi connectivity index (χ0) is 26.6. The molecule has 2 aliphatic heterocycles. The topological polar surface area (TPSA) is 116 Å². The molecule has 0 saturated carbocycles. The first-order chi connectivity index (χ1) is 17.6. The summed E-state index contributed by atoms with van der Waals surface area (Å²) in [5, 5.41) is 12.3. The molecule has 0 aliphatic carbocycles. The summed E-state index contributed by atoms with van der Waals surface area (Å²) in [7, 11) is -1.78. The number of carbonyl (C=O) groups is 2. The molecule has 2 aromatic carbocycles. The number of nitrogens with one attached hydrogen (secondary N) is 1. The van der Waals surface area contributed by atoms with Crippen LogP contribution in [0.3, 0.4) is 0 Å². The number of carbonyl (C=O) groups excluding carboxylic acids is 1. The number of aryl methyl sites for hydroxylation is 1. The minimum atomic E-state index is -3.88. The van der Waals surface area contributed by atoms with E-state index in [1.807, 2.05) is 19.1 Å². The van der Waals surface area contributed by atoms with Gasteiger partial charge in [0.1, 0.15) is 23.9 Å². The van der Waals surface area contributed by atoms with Crippen molar-refractivity contribution in [3.05, 3.63) is 59.7 Å². The summed E-state index contributed by atoms with van der Waals surface area (Å²) in [6.07, 6.45) is 3.03. The molecule has 0 radical (unpaired) electrons. The number of rotatable bonds is 9. The van der Waals surface area contributed by atoms with E-state index in [0.717, 1.165) is 42.8 Å². The maximum atomic E-state index is 13.2. The Morgan fingerprint density at radius 1 is 1.03 bits per heavy atom. The lowest BCUT2D eigenvalue weighted by molar-refractivity contribution is -0.142. The number of hydrogen-bond acceptors (Lipinski definition) is 6. The molecule has 2 aliphatic rings. The second-order valence-electron chi connectivity index (χ2n) is 9.95. The van der Waals surface area contributed by atoms with Gasteiger partial charge in [-0.1, -0.05) is 29.8 Å². The van der Waals surface area contributed by atoms with Crippen LogP contribution in [0.15, 0.2) is 53.4 Å². The number of hydrogen-bond donors (Lipinski definition) is 2. The van der Waals surface area contributed by atoms with E-state index < -0.39 is 34.0 Å². The number of carboxylic acids is 1. The number of benzene rings is 2. The van der Waals surface area contributed by atoms with Crippen molar-refractivity contribution in [3.63, 3.8) is 0 Å². The molecule has 2 fully saturated rings. The summed E-state index contributed by atoms with van der Waals surface area (Å²) in [6, 6.07) is 11.6. The Bertz CT molecular complexity index is 1190. The van der Waals surface area contributed by atoms with Crippen LogP contribution in [0.2, 0.25) is 0 Å². The minimum Gasteiger partial charge on any atom is -0.490 e. The third kappa shape index (κ3) is 6.68. The quantitative estimate of drug-likeness (QED) is 0.513. The van der Waals surface area contributed by atoms with Crippen molar-refractivity contribution in [2.45, 2.75) is 62.1 Å². The fourth-order valence-electron chi connectivity index (χ4n) is 4.84. The highest BCUT2D eigenvalue weighted by Gasteiger charge is 2.40. The maximum Gasteiger partial charge on any atom is 0.326 e. The summed E-state index contributed by atoms with van der Waals surface area (Å²) in [4.78, 5) is 27.4. The van der Waals surface area contributed by atoms with Crippen molar-refractivity contribution in [2.24, 2.45) is 0 Å². The highest BCUT2D eigenvalue weighted by molar-refractivity contribution is 7.89. The van der Waals surface area contributed by atoms with Crippen LogP contribution in [0, 0.1) is 6.92 Å². The van der Waals surface area contributed by atoms with Gasteiger partial charge in [-0.3, -0.25) is 4.79 Å². The largest absolute Gasteiger partial charge is 0.490 e. The monoisotopic (exact) mass is 529 g/mol. The van der Waals surface area contributed by atoms with Gasteiger partial charge in [0.15, 0.2) is 0 Å². The Kier molecular flexibility index (Phi) is 8.51. The van der Waals surface area contributed by atoms with Crippen LogP contribution in [-0.4, -0.2) is 79.5 Å². The molecule has 37 heavy (non-hydrogen) atoms. The van der Waals surface area contributed by atoms with Crippen molar-refractivity contribution in [1.29, 1.82) is 0 Å². The van der Waals surface area contributed by atoms with E-state index >= 15 is 0 Å². The average Bonchev–Trinajstić information content (AvgIpc) is 3.38. The van der Waals surface area contributed by atoms with E-state index in [9.17, 15) is 23.1 Å². The van der Waals surface area contributed by atoms with Crippen molar-refractivity contribution in [3.8, 4) is 5.75 Å². The normalized spacial score (nSPS) is 20.4. The first-order valence-corrected chi connectivity index (χ1v) is 14.1. The Morgan fingerprint density at radius 3 is 2.30 bits per heavy atom. The summed E-state index contributed by atoms with van der Waals surface area (Å²) in [5.41, 5.74) is 1.67. The lowest BCUT2D eigenvalue weighted by Gasteiger charge is -2.29. The van der Waals surface area contributed by atoms with Gasteiger partial charge in [-0.15, -0.1) is 0 Å².